The molecule has 0 spiro atoms. The molecule has 1 aromatic carbocycles. The van der Waals surface area contributed by atoms with Crippen LogP contribution in [0, 0.1) is 35.0 Å². The first-order valence-corrected chi connectivity index (χ1v) is 18.8. The predicted molar refractivity (Wildman–Crippen MR) is 196 cm³/mol. The Kier molecular flexibility index (Phi) is 13.9. The third-order valence-corrected chi connectivity index (χ3v) is 11.2. The fraction of sp³-hybridized carbons (Fsp3) is 0.659. The number of ether oxygens (including phenoxy) is 3. The topological polar surface area (TPSA) is 182 Å². The highest BCUT2D eigenvalue weighted by Gasteiger charge is 2.50. The number of carbonyl (C=O) groups excluding carboxylic acids is 4. The van der Waals surface area contributed by atoms with Crippen LogP contribution in [-0.2, 0) is 39.8 Å². The lowest BCUT2D eigenvalue weighted by atomic mass is 9.69. The first-order chi connectivity index (χ1) is 24.7. The quantitative estimate of drug-likeness (QED) is 0.218. The SMILES string of the molecule is CC1CC(C)C(O)C(O[C@@H]2[C@@H](C)C(=O)[C@@H](C)C(=O)O[C@H](CCNC(=O)Cc3cccc(-c4ccco4)c3)[C@@](C)(O)[C@H](O)[C@@H](C)C(=O)[C@H](C)CC2(C)C)O1. The maximum absolute atomic E-state index is 14.1. The van der Waals surface area contributed by atoms with Crippen molar-refractivity contribution in [1.29, 1.82) is 0 Å². The molecule has 0 saturated carbocycles. The van der Waals surface area contributed by atoms with Crippen molar-refractivity contribution < 1.29 is 53.1 Å². The van der Waals surface area contributed by atoms with Crippen molar-refractivity contribution in [2.75, 3.05) is 6.54 Å². The van der Waals surface area contributed by atoms with Crippen molar-refractivity contribution in [1.82, 2.24) is 5.32 Å². The van der Waals surface area contributed by atoms with Crippen LogP contribution in [-0.4, -0.2) is 87.7 Å². The molecular weight excluding hydrogens is 682 g/mol. The molecule has 2 saturated heterocycles. The van der Waals surface area contributed by atoms with E-state index in [4.69, 9.17) is 18.6 Å². The third-order valence-electron chi connectivity index (χ3n) is 11.2. The van der Waals surface area contributed by atoms with E-state index >= 15 is 0 Å². The van der Waals surface area contributed by atoms with E-state index in [-0.39, 0.29) is 49.5 Å². The zero-order chi connectivity index (χ0) is 39.4. The fourth-order valence-corrected chi connectivity index (χ4v) is 8.08. The lowest BCUT2D eigenvalue weighted by Crippen LogP contribution is -2.57. The summed E-state index contributed by atoms with van der Waals surface area (Å²) in [5.41, 5.74) is -1.42. The largest absolute Gasteiger partial charge is 0.464 e. The van der Waals surface area contributed by atoms with Gasteiger partial charge in [-0.05, 0) is 68.7 Å². The smallest absolute Gasteiger partial charge is 0.316 e. The Labute approximate surface area is 313 Å². The van der Waals surface area contributed by atoms with Crippen molar-refractivity contribution in [3.05, 3.63) is 48.2 Å². The van der Waals surface area contributed by atoms with Crippen molar-refractivity contribution in [2.45, 2.75) is 130 Å². The van der Waals surface area contributed by atoms with Crippen molar-refractivity contribution >= 4 is 23.4 Å². The van der Waals surface area contributed by atoms with E-state index in [1.54, 1.807) is 26.2 Å². The number of benzene rings is 1. The molecule has 4 N–H and O–H groups in total. The zero-order valence-electron chi connectivity index (χ0n) is 32.5. The molecule has 2 aromatic rings. The van der Waals surface area contributed by atoms with Gasteiger partial charge in [-0.1, -0.05) is 59.7 Å². The number of carbonyl (C=O) groups is 4. The predicted octanol–water partition coefficient (Wildman–Crippen LogP) is 4.65. The molecule has 4 rings (SSSR count). The number of aliphatic hydroxyl groups is 3. The lowest BCUT2D eigenvalue weighted by Gasteiger charge is -2.45. The molecule has 1 aromatic heterocycles. The Balaban J connectivity index is 1.56. The Morgan fingerprint density at radius 3 is 2.32 bits per heavy atom. The summed E-state index contributed by atoms with van der Waals surface area (Å²) in [5.74, 6) is -5.44. The highest BCUT2D eigenvalue weighted by atomic mass is 16.7. The summed E-state index contributed by atoms with van der Waals surface area (Å²) in [6, 6.07) is 11.0. The van der Waals surface area contributed by atoms with Gasteiger partial charge in [0.25, 0.3) is 0 Å². The van der Waals surface area contributed by atoms with Gasteiger partial charge < -0.3 is 39.3 Å². The van der Waals surface area contributed by atoms with Gasteiger partial charge in [-0.15, -0.1) is 0 Å². The first-order valence-electron chi connectivity index (χ1n) is 18.8. The van der Waals surface area contributed by atoms with Crippen LogP contribution >= 0.6 is 0 Å². The summed E-state index contributed by atoms with van der Waals surface area (Å²) in [5, 5.41) is 37.1. The van der Waals surface area contributed by atoms with Gasteiger partial charge in [0.05, 0.1) is 31.0 Å². The van der Waals surface area contributed by atoms with Crippen molar-refractivity contribution in [3.8, 4) is 11.3 Å². The molecule has 1 amide bonds. The molecule has 0 aliphatic carbocycles. The third kappa shape index (κ3) is 10.0. The Bertz CT molecular complexity index is 1570. The number of rotatable bonds is 8. The summed E-state index contributed by atoms with van der Waals surface area (Å²) in [4.78, 5) is 54.6. The second kappa shape index (κ2) is 17.4. The van der Waals surface area contributed by atoms with Gasteiger partial charge in [0.2, 0.25) is 5.91 Å². The van der Waals surface area contributed by atoms with E-state index in [0.29, 0.717) is 12.2 Å². The minimum absolute atomic E-state index is 0.0420. The van der Waals surface area contributed by atoms with E-state index in [9.17, 15) is 34.5 Å². The number of aliphatic hydroxyl groups excluding tert-OH is 2. The molecule has 12 nitrogen and oxygen atoms in total. The molecule has 12 atom stereocenters. The summed E-state index contributed by atoms with van der Waals surface area (Å²) in [6.45, 7) is 15.1. The van der Waals surface area contributed by atoms with Crippen molar-refractivity contribution in [2.24, 2.45) is 35.0 Å². The van der Waals surface area contributed by atoms with Crippen LogP contribution < -0.4 is 5.32 Å². The molecule has 0 radical (unpaired) electrons. The number of hydrogen-bond donors (Lipinski definition) is 4. The Morgan fingerprint density at radius 2 is 1.66 bits per heavy atom. The monoisotopic (exact) mass is 741 g/mol. The number of Topliss-reactive ketones (excluding diaryl/α,β-unsaturated/α-hetero) is 2. The number of cyclic esters (lactones) is 1. The number of nitrogens with one attached hydrogen (secondary N) is 1. The Hall–Kier alpha value is -3.42. The van der Waals surface area contributed by atoms with E-state index in [1.807, 2.05) is 58.0 Å². The van der Waals surface area contributed by atoms with Crippen LogP contribution in [0.1, 0.15) is 87.1 Å². The average Bonchev–Trinajstić information content (AvgIpc) is 3.65. The average molecular weight is 742 g/mol. The number of furan rings is 1. The van der Waals surface area contributed by atoms with Crippen LogP contribution in [0.4, 0.5) is 0 Å². The van der Waals surface area contributed by atoms with E-state index in [1.165, 1.54) is 20.8 Å². The van der Waals surface area contributed by atoms with Gasteiger partial charge >= 0.3 is 5.97 Å². The normalized spacial score (nSPS) is 36.0. The van der Waals surface area contributed by atoms with Crippen LogP contribution in [0.5, 0.6) is 0 Å². The van der Waals surface area contributed by atoms with E-state index in [2.05, 4.69) is 5.32 Å². The van der Waals surface area contributed by atoms with Crippen LogP contribution in [0.25, 0.3) is 11.3 Å². The number of ketones is 2. The highest BCUT2D eigenvalue weighted by Crippen LogP contribution is 2.41. The molecule has 3 heterocycles. The summed E-state index contributed by atoms with van der Waals surface area (Å²) < 4.78 is 23.7. The standard InChI is InChI=1S/C41H59NO11/c1-22-18-24(3)51-39(34(22)45)53-37-26(5)35(46)27(6)38(48)52-31(41(9,49)36(47)25(4)33(44)23(2)21-40(37,7)8)15-16-42-32(43)20-28-12-10-13-29(19-28)30-14-11-17-50-30/h10-14,17,19,22-27,31,34,36-37,39,45,47,49H,15-16,18,20-21H2,1-9H3,(H,42,43)/t22?,23-,24?,25+,26+,27-,31-,34?,36-,37-,39?,41-/m1/s1. The molecule has 12 heteroatoms. The molecule has 4 unspecified atom stereocenters. The fourth-order valence-electron chi connectivity index (χ4n) is 8.08. The zero-order valence-corrected chi connectivity index (χ0v) is 32.5. The number of esters is 1. The first kappa shape index (κ1) is 42.3. The van der Waals surface area contributed by atoms with Crippen LogP contribution in [0.3, 0.4) is 0 Å². The van der Waals surface area contributed by atoms with Gasteiger partial charge in [-0.2, -0.15) is 0 Å². The summed E-state index contributed by atoms with van der Waals surface area (Å²) >= 11 is 0. The minimum atomic E-state index is -2.13. The van der Waals surface area contributed by atoms with E-state index < -0.39 is 77.1 Å². The number of amides is 1. The highest BCUT2D eigenvalue weighted by molar-refractivity contribution is 6.00. The second-order valence-electron chi connectivity index (χ2n) is 16.4. The van der Waals surface area contributed by atoms with E-state index in [0.717, 1.165) is 11.1 Å². The molecule has 2 aliphatic rings. The number of hydrogen-bond acceptors (Lipinski definition) is 11. The van der Waals surface area contributed by atoms with Crippen LogP contribution in [0.2, 0.25) is 0 Å². The van der Waals surface area contributed by atoms with Crippen molar-refractivity contribution in [3.63, 3.8) is 0 Å². The van der Waals surface area contributed by atoms with Gasteiger partial charge in [-0.25, -0.2) is 0 Å². The molecule has 2 aliphatic heterocycles. The van der Waals surface area contributed by atoms with Gasteiger partial charge in [0.15, 0.2) is 12.1 Å². The summed E-state index contributed by atoms with van der Waals surface area (Å²) in [6.07, 6.45) is -3.76. The maximum Gasteiger partial charge on any atom is 0.316 e. The molecule has 0 bridgehead atoms. The van der Waals surface area contributed by atoms with Gasteiger partial charge in [0, 0.05) is 36.3 Å². The molecule has 53 heavy (non-hydrogen) atoms. The second-order valence-corrected chi connectivity index (χ2v) is 16.4. The Morgan fingerprint density at radius 1 is 0.962 bits per heavy atom. The van der Waals surface area contributed by atoms with Gasteiger partial charge in [-0.3, -0.25) is 19.2 Å². The molecule has 2 fully saturated rings. The maximum atomic E-state index is 14.1. The lowest BCUT2D eigenvalue weighted by molar-refractivity contribution is -0.284. The minimum Gasteiger partial charge on any atom is -0.464 e. The molecular formula is C41H59NO11. The summed E-state index contributed by atoms with van der Waals surface area (Å²) in [7, 11) is 0. The van der Waals surface area contributed by atoms with Gasteiger partial charge in [0.1, 0.15) is 35.3 Å². The molecule has 294 valence electrons. The van der Waals surface area contributed by atoms with Crippen LogP contribution in [0.15, 0.2) is 47.1 Å².